The van der Waals surface area contributed by atoms with Gasteiger partial charge in [-0.1, -0.05) is 0 Å². The third kappa shape index (κ3) is 2.65. The summed E-state index contributed by atoms with van der Waals surface area (Å²) in [4.78, 5) is 11.6. The van der Waals surface area contributed by atoms with E-state index in [1.807, 2.05) is 7.05 Å². The van der Waals surface area contributed by atoms with Gasteiger partial charge in [-0.2, -0.15) is 0 Å². The Morgan fingerprint density at radius 2 is 1.50 bits per heavy atom. The highest BCUT2D eigenvalue weighted by Gasteiger charge is 2.22. The molecule has 5 nitrogen and oxygen atoms in total. The van der Waals surface area contributed by atoms with Gasteiger partial charge in [0.15, 0.2) is 5.96 Å². The predicted molar refractivity (Wildman–Crippen MR) is 64.8 cm³/mol. The van der Waals surface area contributed by atoms with Crippen LogP contribution in [-0.4, -0.2) is 87.2 Å². The van der Waals surface area contributed by atoms with Crippen molar-refractivity contribution in [2.75, 3.05) is 66.6 Å². The second-order valence-corrected chi connectivity index (χ2v) is 4.41. The molecule has 2 rings (SSSR count). The van der Waals surface area contributed by atoms with Crippen molar-refractivity contribution >= 4 is 5.96 Å². The summed E-state index contributed by atoms with van der Waals surface area (Å²) in [5, 5.41) is 0. The fourth-order valence-electron chi connectivity index (χ4n) is 2.25. The van der Waals surface area contributed by atoms with Gasteiger partial charge in [0.25, 0.3) is 0 Å². The first kappa shape index (κ1) is 11.7. The van der Waals surface area contributed by atoms with Crippen molar-refractivity contribution in [2.45, 2.75) is 0 Å². The molecule has 0 atom stereocenters. The molecule has 0 aromatic carbocycles. The summed E-state index contributed by atoms with van der Waals surface area (Å²) in [5.41, 5.74) is 0. The van der Waals surface area contributed by atoms with Gasteiger partial charge in [-0.25, -0.2) is 0 Å². The predicted octanol–water partition coefficient (Wildman–Crippen LogP) is -0.448. The average molecular weight is 226 g/mol. The number of ether oxygens (including phenoxy) is 1. The zero-order valence-electron chi connectivity index (χ0n) is 10.4. The van der Waals surface area contributed by atoms with E-state index in [0.717, 1.165) is 58.4 Å². The van der Waals surface area contributed by atoms with Crippen LogP contribution in [0.3, 0.4) is 0 Å². The monoisotopic (exact) mass is 226 g/mol. The van der Waals surface area contributed by atoms with Gasteiger partial charge in [0.1, 0.15) is 0 Å². The molecule has 0 radical (unpaired) electrons. The quantitative estimate of drug-likeness (QED) is 0.414. The minimum Gasteiger partial charge on any atom is -0.378 e. The lowest BCUT2D eigenvalue weighted by Gasteiger charge is -2.40. The van der Waals surface area contributed by atoms with Gasteiger partial charge in [-0.15, -0.1) is 0 Å². The third-order valence-electron chi connectivity index (χ3n) is 3.28. The van der Waals surface area contributed by atoms with Crippen LogP contribution in [0, 0.1) is 0 Å². The average Bonchev–Trinajstić information content (AvgIpc) is 2.34. The Hall–Kier alpha value is -0.810. The Bertz CT molecular complexity index is 242. The maximum absolute atomic E-state index is 5.38. The van der Waals surface area contributed by atoms with E-state index in [-0.39, 0.29) is 0 Å². The molecule has 2 aliphatic rings. The number of hydrogen-bond donors (Lipinski definition) is 0. The number of aliphatic imine (C=N–C) groups is 1. The number of hydrogen-bond acceptors (Lipinski definition) is 3. The zero-order valence-corrected chi connectivity index (χ0v) is 10.4. The fourth-order valence-corrected chi connectivity index (χ4v) is 2.25. The summed E-state index contributed by atoms with van der Waals surface area (Å²) in [6, 6.07) is 0. The van der Waals surface area contributed by atoms with Crippen molar-refractivity contribution in [1.82, 2.24) is 14.7 Å². The normalized spacial score (nSPS) is 25.0. The van der Waals surface area contributed by atoms with E-state index in [9.17, 15) is 0 Å². The van der Waals surface area contributed by atoms with Crippen molar-refractivity contribution in [1.29, 1.82) is 0 Å². The minimum atomic E-state index is 0.826. The third-order valence-corrected chi connectivity index (χ3v) is 3.28. The SMILES string of the molecule is CN=C(N1CCOCC1)N1CCN(C)CC1. The van der Waals surface area contributed by atoms with Crippen molar-refractivity contribution < 1.29 is 4.74 Å². The molecule has 0 aromatic rings. The molecule has 0 amide bonds. The van der Waals surface area contributed by atoms with E-state index in [0.29, 0.717) is 0 Å². The van der Waals surface area contributed by atoms with Gasteiger partial charge < -0.3 is 19.4 Å². The Balaban J connectivity index is 1.94. The molecule has 0 spiro atoms. The molecule has 0 N–H and O–H groups in total. The first-order valence-electron chi connectivity index (χ1n) is 6.04. The second-order valence-electron chi connectivity index (χ2n) is 4.41. The first-order valence-corrected chi connectivity index (χ1v) is 6.04. The summed E-state index contributed by atoms with van der Waals surface area (Å²) < 4.78 is 5.38. The van der Waals surface area contributed by atoms with Crippen LogP contribution < -0.4 is 0 Å². The molecule has 16 heavy (non-hydrogen) atoms. The maximum atomic E-state index is 5.38. The Morgan fingerprint density at radius 1 is 0.938 bits per heavy atom. The van der Waals surface area contributed by atoms with Gasteiger partial charge in [0.05, 0.1) is 13.2 Å². The molecule has 0 aliphatic carbocycles. The fraction of sp³-hybridized carbons (Fsp3) is 0.909. The molecule has 92 valence electrons. The van der Waals surface area contributed by atoms with Crippen LogP contribution in [0.5, 0.6) is 0 Å². The van der Waals surface area contributed by atoms with Crippen LogP contribution in [0.4, 0.5) is 0 Å². The smallest absolute Gasteiger partial charge is 0.196 e. The van der Waals surface area contributed by atoms with Crippen molar-refractivity contribution in [3.63, 3.8) is 0 Å². The van der Waals surface area contributed by atoms with Crippen molar-refractivity contribution in [3.8, 4) is 0 Å². The lowest BCUT2D eigenvalue weighted by Crippen LogP contribution is -2.54. The van der Waals surface area contributed by atoms with Crippen LogP contribution in [0.1, 0.15) is 0 Å². The van der Waals surface area contributed by atoms with Crippen LogP contribution in [0.2, 0.25) is 0 Å². The summed E-state index contributed by atoms with van der Waals surface area (Å²) in [6.45, 7) is 8.02. The van der Waals surface area contributed by atoms with Crippen LogP contribution in [0.25, 0.3) is 0 Å². The molecule has 5 heteroatoms. The summed E-state index contributed by atoms with van der Waals surface area (Å²) in [6.07, 6.45) is 0. The van der Waals surface area contributed by atoms with E-state index >= 15 is 0 Å². The molecule has 2 fully saturated rings. The van der Waals surface area contributed by atoms with Crippen LogP contribution >= 0.6 is 0 Å². The highest BCUT2D eigenvalue weighted by atomic mass is 16.5. The maximum Gasteiger partial charge on any atom is 0.196 e. The Labute approximate surface area is 97.7 Å². The number of rotatable bonds is 0. The Kier molecular flexibility index (Phi) is 4.01. The Morgan fingerprint density at radius 3 is 2.06 bits per heavy atom. The van der Waals surface area contributed by atoms with E-state index in [4.69, 9.17) is 4.74 Å². The molecule has 2 heterocycles. The molecule has 0 bridgehead atoms. The summed E-state index contributed by atoms with van der Waals surface area (Å²) in [5.74, 6) is 1.15. The topological polar surface area (TPSA) is 31.3 Å². The first-order chi connectivity index (χ1) is 7.81. The molecule has 2 aliphatic heterocycles. The lowest BCUT2D eigenvalue weighted by atomic mass is 10.3. The molecule has 0 aromatic heterocycles. The van der Waals surface area contributed by atoms with E-state index in [2.05, 4.69) is 26.7 Å². The number of piperazine rings is 1. The molecule has 0 unspecified atom stereocenters. The number of morpholine rings is 1. The van der Waals surface area contributed by atoms with Crippen molar-refractivity contribution in [2.24, 2.45) is 4.99 Å². The zero-order chi connectivity index (χ0) is 11.4. The summed E-state index contributed by atoms with van der Waals surface area (Å²) >= 11 is 0. The second kappa shape index (κ2) is 5.50. The molecular weight excluding hydrogens is 204 g/mol. The van der Waals surface area contributed by atoms with E-state index in [1.165, 1.54) is 0 Å². The van der Waals surface area contributed by atoms with Gasteiger partial charge in [-0.05, 0) is 7.05 Å². The highest BCUT2D eigenvalue weighted by Crippen LogP contribution is 2.06. The number of nitrogens with zero attached hydrogens (tertiary/aromatic N) is 4. The minimum absolute atomic E-state index is 0.826. The van der Waals surface area contributed by atoms with E-state index < -0.39 is 0 Å². The molecular formula is C11H22N4O. The van der Waals surface area contributed by atoms with Gasteiger partial charge >= 0.3 is 0 Å². The van der Waals surface area contributed by atoms with Crippen LogP contribution in [-0.2, 0) is 4.74 Å². The molecule has 2 saturated heterocycles. The van der Waals surface area contributed by atoms with Gasteiger partial charge in [0.2, 0.25) is 0 Å². The number of likely N-dealkylation sites (N-methyl/N-ethyl adjacent to an activating group) is 1. The van der Waals surface area contributed by atoms with Crippen LogP contribution in [0.15, 0.2) is 4.99 Å². The molecule has 0 saturated carbocycles. The lowest BCUT2D eigenvalue weighted by molar-refractivity contribution is 0.0598. The largest absolute Gasteiger partial charge is 0.378 e. The van der Waals surface area contributed by atoms with Gasteiger partial charge in [-0.3, -0.25) is 4.99 Å². The summed E-state index contributed by atoms with van der Waals surface area (Å²) in [7, 11) is 4.07. The standard InChI is InChI=1S/C11H22N4O/c1-12-11(15-7-9-16-10-8-15)14-5-3-13(2)4-6-14/h3-10H2,1-2H3. The van der Waals surface area contributed by atoms with Gasteiger partial charge in [0, 0.05) is 46.3 Å². The highest BCUT2D eigenvalue weighted by molar-refractivity contribution is 5.80. The number of guanidine groups is 1. The van der Waals surface area contributed by atoms with Crippen molar-refractivity contribution in [3.05, 3.63) is 0 Å². The van der Waals surface area contributed by atoms with E-state index in [1.54, 1.807) is 0 Å².